The molecule has 0 saturated heterocycles. The Morgan fingerprint density at radius 3 is 2.75 bits per heavy atom. The second kappa shape index (κ2) is 3.20. The van der Waals surface area contributed by atoms with Gasteiger partial charge in [0.15, 0.2) is 0 Å². The molecule has 0 fully saturated rings. The lowest BCUT2D eigenvalue weighted by Gasteiger charge is -2.06. The number of para-hydroxylation sites is 1. The van der Waals surface area contributed by atoms with E-state index >= 15 is 0 Å². The van der Waals surface area contributed by atoms with E-state index in [0.29, 0.717) is 0 Å². The van der Waals surface area contributed by atoms with E-state index in [1.807, 2.05) is 30.3 Å². The highest BCUT2D eigenvalue weighted by Crippen LogP contribution is 2.26. The molecule has 2 N–H and O–H groups in total. The number of nitrogens with zero attached hydrogens (tertiary/aromatic N) is 1. The Bertz CT molecular complexity index is 627. The molecule has 3 aromatic rings. The minimum absolute atomic E-state index is 0.791. The Labute approximate surface area is 93.7 Å². The SMILES string of the molecule is Cc1ccc(N)c2cc3ccccc3nc12. The number of benzene rings is 2. The van der Waals surface area contributed by atoms with Gasteiger partial charge in [-0.05, 0) is 30.7 Å². The molecule has 0 saturated carbocycles. The van der Waals surface area contributed by atoms with Gasteiger partial charge in [0.05, 0.1) is 11.0 Å². The average Bonchev–Trinajstić information content (AvgIpc) is 2.32. The second-order valence-corrected chi connectivity index (χ2v) is 4.05. The summed E-state index contributed by atoms with van der Waals surface area (Å²) in [6, 6.07) is 14.2. The molecule has 1 aromatic heterocycles. The van der Waals surface area contributed by atoms with Crippen molar-refractivity contribution in [2.45, 2.75) is 6.92 Å². The molecule has 0 unspecified atom stereocenters. The minimum Gasteiger partial charge on any atom is -0.398 e. The fourth-order valence-electron chi connectivity index (χ4n) is 2.02. The summed E-state index contributed by atoms with van der Waals surface area (Å²) in [7, 11) is 0. The van der Waals surface area contributed by atoms with Gasteiger partial charge in [-0.3, -0.25) is 0 Å². The highest BCUT2D eigenvalue weighted by Gasteiger charge is 2.04. The third-order valence-electron chi connectivity index (χ3n) is 2.92. The van der Waals surface area contributed by atoms with Gasteiger partial charge in [-0.15, -0.1) is 0 Å². The molecule has 2 heteroatoms. The van der Waals surface area contributed by atoms with Crippen molar-refractivity contribution in [3.05, 3.63) is 48.0 Å². The van der Waals surface area contributed by atoms with Crippen molar-refractivity contribution in [1.82, 2.24) is 4.98 Å². The first kappa shape index (κ1) is 9.16. The van der Waals surface area contributed by atoms with Gasteiger partial charge in [0.25, 0.3) is 0 Å². The first-order valence-corrected chi connectivity index (χ1v) is 5.30. The second-order valence-electron chi connectivity index (χ2n) is 4.05. The minimum atomic E-state index is 0.791. The summed E-state index contributed by atoms with van der Waals surface area (Å²) in [6.45, 7) is 2.06. The standard InChI is InChI=1S/C14H12N2/c1-9-6-7-12(15)11-8-10-4-2-3-5-13(10)16-14(9)11/h2-8H,15H2,1H3. The lowest BCUT2D eigenvalue weighted by atomic mass is 10.1. The summed E-state index contributed by atoms with van der Waals surface area (Å²) >= 11 is 0. The number of hydrogen-bond acceptors (Lipinski definition) is 2. The molecule has 0 spiro atoms. The Hall–Kier alpha value is -2.09. The van der Waals surface area contributed by atoms with E-state index in [0.717, 1.165) is 33.1 Å². The smallest absolute Gasteiger partial charge is 0.0759 e. The van der Waals surface area contributed by atoms with Crippen LogP contribution in [-0.2, 0) is 0 Å². The summed E-state index contributed by atoms with van der Waals surface area (Å²) in [4.78, 5) is 4.66. The van der Waals surface area contributed by atoms with Gasteiger partial charge in [-0.2, -0.15) is 0 Å². The summed E-state index contributed by atoms with van der Waals surface area (Å²) in [5.74, 6) is 0. The Morgan fingerprint density at radius 2 is 1.88 bits per heavy atom. The predicted molar refractivity (Wildman–Crippen MR) is 68.4 cm³/mol. The zero-order valence-electron chi connectivity index (χ0n) is 9.07. The van der Waals surface area contributed by atoms with Gasteiger partial charge in [-0.1, -0.05) is 24.3 Å². The number of hydrogen-bond donors (Lipinski definition) is 1. The zero-order chi connectivity index (χ0) is 11.1. The van der Waals surface area contributed by atoms with Crippen LogP contribution in [0.1, 0.15) is 5.56 Å². The topological polar surface area (TPSA) is 38.9 Å². The average molecular weight is 208 g/mol. The van der Waals surface area contributed by atoms with Crippen LogP contribution in [0, 0.1) is 6.92 Å². The Balaban J connectivity index is 2.56. The van der Waals surface area contributed by atoms with Gasteiger partial charge in [0, 0.05) is 16.5 Å². The highest BCUT2D eigenvalue weighted by molar-refractivity contribution is 5.99. The number of anilines is 1. The van der Waals surface area contributed by atoms with Crippen molar-refractivity contribution in [3.8, 4) is 0 Å². The van der Waals surface area contributed by atoms with Crippen molar-refractivity contribution in [2.75, 3.05) is 5.73 Å². The molecule has 0 aliphatic carbocycles. The number of nitrogen functional groups attached to an aromatic ring is 1. The van der Waals surface area contributed by atoms with E-state index in [2.05, 4.69) is 24.0 Å². The predicted octanol–water partition coefficient (Wildman–Crippen LogP) is 3.28. The van der Waals surface area contributed by atoms with Gasteiger partial charge in [0.1, 0.15) is 0 Å². The molecule has 3 rings (SSSR count). The lowest BCUT2D eigenvalue weighted by molar-refractivity contribution is 1.42. The number of aryl methyl sites for hydroxylation is 1. The summed E-state index contributed by atoms with van der Waals surface area (Å²) < 4.78 is 0. The molecule has 0 radical (unpaired) electrons. The maximum Gasteiger partial charge on any atom is 0.0759 e. The van der Waals surface area contributed by atoms with E-state index in [9.17, 15) is 0 Å². The van der Waals surface area contributed by atoms with E-state index in [1.54, 1.807) is 0 Å². The molecular weight excluding hydrogens is 196 g/mol. The molecule has 16 heavy (non-hydrogen) atoms. The number of fused-ring (bicyclic) bond motifs is 2. The van der Waals surface area contributed by atoms with Crippen LogP contribution in [-0.4, -0.2) is 4.98 Å². The molecule has 2 aromatic carbocycles. The quantitative estimate of drug-likeness (QED) is 0.455. The molecule has 0 bridgehead atoms. The van der Waals surface area contributed by atoms with Gasteiger partial charge in [-0.25, -0.2) is 4.98 Å². The molecule has 0 aliphatic heterocycles. The summed E-state index contributed by atoms with van der Waals surface area (Å²) in [6.07, 6.45) is 0. The maximum atomic E-state index is 5.98. The Morgan fingerprint density at radius 1 is 1.06 bits per heavy atom. The van der Waals surface area contributed by atoms with Crippen LogP contribution in [0.3, 0.4) is 0 Å². The maximum absolute atomic E-state index is 5.98. The molecule has 0 aliphatic rings. The first-order chi connectivity index (χ1) is 7.75. The number of rotatable bonds is 0. The fraction of sp³-hybridized carbons (Fsp3) is 0.0714. The van der Waals surface area contributed by atoms with Crippen LogP contribution in [0.15, 0.2) is 42.5 Å². The van der Waals surface area contributed by atoms with Crippen LogP contribution >= 0.6 is 0 Å². The van der Waals surface area contributed by atoms with Crippen molar-refractivity contribution in [3.63, 3.8) is 0 Å². The summed E-state index contributed by atoms with van der Waals surface area (Å²) in [5, 5.41) is 2.17. The third kappa shape index (κ3) is 1.23. The number of aromatic nitrogens is 1. The fourth-order valence-corrected chi connectivity index (χ4v) is 2.02. The van der Waals surface area contributed by atoms with Crippen LogP contribution in [0.5, 0.6) is 0 Å². The third-order valence-corrected chi connectivity index (χ3v) is 2.92. The first-order valence-electron chi connectivity index (χ1n) is 5.30. The zero-order valence-corrected chi connectivity index (χ0v) is 9.07. The summed E-state index contributed by atoms with van der Waals surface area (Å²) in [5.41, 5.74) is 9.94. The monoisotopic (exact) mass is 208 g/mol. The lowest BCUT2D eigenvalue weighted by Crippen LogP contribution is -1.91. The van der Waals surface area contributed by atoms with Gasteiger partial charge < -0.3 is 5.73 Å². The van der Waals surface area contributed by atoms with Crippen LogP contribution in [0.25, 0.3) is 21.8 Å². The van der Waals surface area contributed by atoms with E-state index in [-0.39, 0.29) is 0 Å². The largest absolute Gasteiger partial charge is 0.398 e. The van der Waals surface area contributed by atoms with Crippen molar-refractivity contribution < 1.29 is 0 Å². The molecule has 78 valence electrons. The van der Waals surface area contributed by atoms with E-state index < -0.39 is 0 Å². The van der Waals surface area contributed by atoms with Crippen LogP contribution < -0.4 is 5.73 Å². The molecular formula is C14H12N2. The molecule has 2 nitrogen and oxygen atoms in total. The molecule has 0 amide bonds. The van der Waals surface area contributed by atoms with Crippen molar-refractivity contribution >= 4 is 27.5 Å². The molecule has 1 heterocycles. The number of nitrogens with two attached hydrogens (primary N) is 1. The number of pyridine rings is 1. The normalized spacial score (nSPS) is 11.1. The van der Waals surface area contributed by atoms with Crippen LogP contribution in [0.2, 0.25) is 0 Å². The van der Waals surface area contributed by atoms with Gasteiger partial charge in [0.2, 0.25) is 0 Å². The van der Waals surface area contributed by atoms with E-state index in [4.69, 9.17) is 5.73 Å². The van der Waals surface area contributed by atoms with Crippen molar-refractivity contribution in [1.29, 1.82) is 0 Å². The highest BCUT2D eigenvalue weighted by atomic mass is 14.7. The van der Waals surface area contributed by atoms with Crippen molar-refractivity contribution in [2.24, 2.45) is 0 Å². The van der Waals surface area contributed by atoms with Crippen LogP contribution in [0.4, 0.5) is 5.69 Å². The molecule has 0 atom stereocenters. The Kier molecular flexibility index (Phi) is 1.83. The van der Waals surface area contributed by atoms with E-state index in [1.165, 1.54) is 0 Å². The van der Waals surface area contributed by atoms with Gasteiger partial charge >= 0.3 is 0 Å².